The SMILES string of the molecule is C/C(C=O)=C/C=C/C(C)=C/C[P+](c1ccccc1)(c1ccccc1)c1ccccc1. The normalized spacial score (nSPS) is 12.9. The molecule has 0 atom stereocenters. The summed E-state index contributed by atoms with van der Waals surface area (Å²) in [6, 6.07) is 32.7. The van der Waals surface area contributed by atoms with Gasteiger partial charge in [-0.1, -0.05) is 78.4 Å². The molecule has 0 saturated carbocycles. The maximum absolute atomic E-state index is 10.8. The van der Waals surface area contributed by atoms with Gasteiger partial charge in [-0.3, -0.25) is 4.79 Å². The summed E-state index contributed by atoms with van der Waals surface area (Å²) in [6.07, 6.45) is 10.0. The third kappa shape index (κ3) is 5.12. The summed E-state index contributed by atoms with van der Waals surface area (Å²) in [5, 5.41) is 4.14. The molecule has 3 aromatic carbocycles. The second-order valence-electron chi connectivity index (χ2n) is 7.33. The Hall–Kier alpha value is -3.02. The van der Waals surface area contributed by atoms with Crippen LogP contribution in [0.2, 0.25) is 0 Å². The van der Waals surface area contributed by atoms with Crippen LogP contribution in [0.3, 0.4) is 0 Å². The molecule has 150 valence electrons. The molecule has 0 fully saturated rings. The topological polar surface area (TPSA) is 17.1 Å². The molecule has 0 saturated heterocycles. The number of carbonyl (C=O) groups excluding carboxylic acids is 1. The molecular weight excluding hydrogens is 383 g/mol. The first kappa shape index (κ1) is 21.7. The van der Waals surface area contributed by atoms with E-state index in [1.54, 1.807) is 0 Å². The number of benzene rings is 3. The largest absolute Gasteiger partial charge is 0.298 e. The molecule has 3 rings (SSSR count). The lowest BCUT2D eigenvalue weighted by Crippen LogP contribution is -2.33. The number of aldehydes is 1. The molecule has 0 aliphatic rings. The van der Waals surface area contributed by atoms with Gasteiger partial charge in [0.1, 0.15) is 29.5 Å². The van der Waals surface area contributed by atoms with Crippen molar-refractivity contribution in [1.29, 1.82) is 0 Å². The standard InChI is InChI=1S/C28H28OP/c1-24(13-12-14-25(2)23-29)21-22-30(26-15-6-3-7-16-26,27-17-8-4-9-18-27)28-19-10-5-11-20-28/h3-21,23H,22H2,1-2H3/q+1/b13-12+,24-21+,25-14-. The number of rotatable bonds is 8. The quantitative estimate of drug-likeness (QED) is 0.203. The van der Waals surface area contributed by atoms with E-state index in [1.807, 2.05) is 19.1 Å². The fraction of sp³-hybridized carbons (Fsp3) is 0.107. The van der Waals surface area contributed by atoms with E-state index >= 15 is 0 Å². The summed E-state index contributed by atoms with van der Waals surface area (Å²) < 4.78 is 0. The Kier molecular flexibility index (Phi) is 7.71. The lowest BCUT2D eigenvalue weighted by atomic mass is 10.2. The third-order valence-electron chi connectivity index (χ3n) is 5.18. The molecule has 0 radical (unpaired) electrons. The Morgan fingerprint density at radius 3 is 1.53 bits per heavy atom. The van der Waals surface area contributed by atoms with Crippen molar-refractivity contribution < 1.29 is 4.79 Å². The van der Waals surface area contributed by atoms with Crippen LogP contribution < -0.4 is 15.9 Å². The fourth-order valence-electron chi connectivity index (χ4n) is 3.55. The van der Waals surface area contributed by atoms with Gasteiger partial charge in [0.05, 0.1) is 6.16 Å². The first-order valence-corrected chi connectivity index (χ1v) is 12.2. The second-order valence-corrected chi connectivity index (χ2v) is 10.9. The molecule has 0 unspecified atom stereocenters. The number of allylic oxidation sites excluding steroid dienone is 6. The van der Waals surface area contributed by atoms with Gasteiger partial charge in [-0.2, -0.15) is 0 Å². The van der Waals surface area contributed by atoms with Crippen LogP contribution >= 0.6 is 7.26 Å². The highest BCUT2D eigenvalue weighted by Crippen LogP contribution is 2.55. The smallest absolute Gasteiger partial charge is 0.145 e. The summed E-state index contributed by atoms with van der Waals surface area (Å²) in [6.45, 7) is 3.93. The first-order valence-electron chi connectivity index (χ1n) is 10.2. The van der Waals surface area contributed by atoms with E-state index in [0.717, 1.165) is 18.0 Å². The van der Waals surface area contributed by atoms with Crippen LogP contribution in [-0.2, 0) is 4.79 Å². The minimum Gasteiger partial charge on any atom is -0.298 e. The van der Waals surface area contributed by atoms with Crippen molar-refractivity contribution in [2.75, 3.05) is 6.16 Å². The van der Waals surface area contributed by atoms with Crippen LogP contribution in [0.5, 0.6) is 0 Å². The van der Waals surface area contributed by atoms with Crippen LogP contribution in [0.4, 0.5) is 0 Å². The van der Waals surface area contributed by atoms with Crippen molar-refractivity contribution in [2.24, 2.45) is 0 Å². The Bertz CT molecular complexity index is 935. The zero-order valence-corrected chi connectivity index (χ0v) is 18.5. The van der Waals surface area contributed by atoms with Gasteiger partial charge in [-0.05, 0) is 61.9 Å². The first-order chi connectivity index (χ1) is 14.7. The van der Waals surface area contributed by atoms with Crippen molar-refractivity contribution >= 4 is 29.5 Å². The molecule has 0 aromatic heterocycles. The van der Waals surface area contributed by atoms with Gasteiger partial charge in [0.2, 0.25) is 0 Å². The van der Waals surface area contributed by atoms with Gasteiger partial charge >= 0.3 is 0 Å². The van der Waals surface area contributed by atoms with Gasteiger partial charge in [0.25, 0.3) is 0 Å². The van der Waals surface area contributed by atoms with Crippen LogP contribution in [-0.4, -0.2) is 12.4 Å². The van der Waals surface area contributed by atoms with E-state index in [1.165, 1.54) is 21.5 Å². The predicted octanol–water partition coefficient (Wildman–Crippen LogP) is 5.63. The summed E-state index contributed by atoms with van der Waals surface area (Å²) in [5.74, 6) is 0. The number of hydrogen-bond donors (Lipinski definition) is 0. The Morgan fingerprint density at radius 1 is 0.700 bits per heavy atom. The van der Waals surface area contributed by atoms with E-state index in [0.29, 0.717) is 0 Å². The highest BCUT2D eigenvalue weighted by atomic mass is 31.2. The lowest BCUT2D eigenvalue weighted by molar-refractivity contribution is -0.104. The summed E-state index contributed by atoms with van der Waals surface area (Å²) in [4.78, 5) is 10.8. The van der Waals surface area contributed by atoms with Crippen molar-refractivity contribution in [3.63, 3.8) is 0 Å². The monoisotopic (exact) mass is 411 g/mol. The van der Waals surface area contributed by atoms with Crippen LogP contribution in [0.15, 0.2) is 126 Å². The summed E-state index contributed by atoms with van der Waals surface area (Å²) in [7, 11) is -1.85. The van der Waals surface area contributed by atoms with Crippen LogP contribution in [0.25, 0.3) is 0 Å². The summed E-state index contributed by atoms with van der Waals surface area (Å²) >= 11 is 0. The van der Waals surface area contributed by atoms with Gasteiger partial charge in [-0.15, -0.1) is 0 Å². The van der Waals surface area contributed by atoms with Gasteiger partial charge in [0, 0.05) is 0 Å². The van der Waals surface area contributed by atoms with Crippen molar-refractivity contribution in [3.8, 4) is 0 Å². The molecule has 30 heavy (non-hydrogen) atoms. The minimum atomic E-state index is -1.85. The minimum absolute atomic E-state index is 0.721. The number of hydrogen-bond acceptors (Lipinski definition) is 1. The van der Waals surface area contributed by atoms with Crippen molar-refractivity contribution in [3.05, 3.63) is 126 Å². The Balaban J connectivity index is 2.12. The molecule has 0 aliphatic heterocycles. The van der Waals surface area contributed by atoms with Crippen molar-refractivity contribution in [1.82, 2.24) is 0 Å². The molecule has 0 N–H and O–H groups in total. The van der Waals surface area contributed by atoms with Crippen LogP contribution in [0, 0.1) is 0 Å². The van der Waals surface area contributed by atoms with E-state index < -0.39 is 7.26 Å². The molecule has 3 aromatic rings. The van der Waals surface area contributed by atoms with Gasteiger partial charge in [-0.25, -0.2) is 0 Å². The molecule has 2 heteroatoms. The molecule has 1 nitrogen and oxygen atoms in total. The molecular formula is C28H28OP+. The van der Waals surface area contributed by atoms with E-state index in [-0.39, 0.29) is 0 Å². The average Bonchev–Trinajstić information content (AvgIpc) is 2.81. The highest BCUT2D eigenvalue weighted by Gasteiger charge is 2.44. The maximum Gasteiger partial charge on any atom is 0.145 e. The lowest BCUT2D eigenvalue weighted by Gasteiger charge is -2.26. The van der Waals surface area contributed by atoms with E-state index in [9.17, 15) is 4.79 Å². The zero-order valence-electron chi connectivity index (χ0n) is 17.6. The molecule has 0 bridgehead atoms. The maximum atomic E-state index is 10.8. The summed E-state index contributed by atoms with van der Waals surface area (Å²) in [5.41, 5.74) is 1.91. The van der Waals surface area contributed by atoms with Crippen molar-refractivity contribution in [2.45, 2.75) is 13.8 Å². The fourth-order valence-corrected chi connectivity index (χ4v) is 7.68. The number of carbonyl (C=O) groups is 1. The Labute approximate surface area is 180 Å². The van der Waals surface area contributed by atoms with E-state index in [2.05, 4.69) is 110 Å². The zero-order chi connectivity index (χ0) is 21.2. The van der Waals surface area contributed by atoms with E-state index in [4.69, 9.17) is 0 Å². The highest BCUT2D eigenvalue weighted by molar-refractivity contribution is 7.95. The molecule has 0 amide bonds. The third-order valence-corrected chi connectivity index (χ3v) is 9.45. The Morgan fingerprint density at radius 2 is 1.13 bits per heavy atom. The molecule has 0 heterocycles. The predicted molar refractivity (Wildman–Crippen MR) is 133 cm³/mol. The molecule has 0 aliphatic carbocycles. The second kappa shape index (κ2) is 10.7. The van der Waals surface area contributed by atoms with Crippen LogP contribution in [0.1, 0.15) is 13.8 Å². The van der Waals surface area contributed by atoms with Gasteiger partial charge < -0.3 is 0 Å². The molecule has 0 spiro atoms. The average molecular weight is 412 g/mol. The van der Waals surface area contributed by atoms with Gasteiger partial charge in [0.15, 0.2) is 0 Å².